The van der Waals surface area contributed by atoms with Crippen LogP contribution in [-0.4, -0.2) is 43.9 Å². The molecule has 6 rings (SSSR count). The molecule has 4 aromatic rings. The zero-order chi connectivity index (χ0) is 25.0. The van der Waals surface area contributed by atoms with E-state index in [2.05, 4.69) is 0 Å². The van der Waals surface area contributed by atoms with Gasteiger partial charge in [0.25, 0.3) is 0 Å². The van der Waals surface area contributed by atoms with Crippen LogP contribution < -0.4 is 9.04 Å². The van der Waals surface area contributed by atoms with Crippen molar-refractivity contribution >= 4 is 32.8 Å². The molecule has 0 unspecified atom stereocenters. The highest BCUT2D eigenvalue weighted by Gasteiger charge is 2.38. The van der Waals surface area contributed by atoms with Gasteiger partial charge in [-0.2, -0.15) is 12.7 Å². The first-order valence-electron chi connectivity index (χ1n) is 11.7. The fraction of sp³-hybridized carbons (Fsp3) is 0.222. The number of hydrogen-bond donors (Lipinski definition) is 1. The average Bonchev–Trinajstić information content (AvgIpc) is 3.58. The molecule has 0 spiro atoms. The molecule has 1 saturated carbocycles. The summed E-state index contributed by atoms with van der Waals surface area (Å²) in [6.45, 7) is 0.734. The molecule has 36 heavy (non-hydrogen) atoms. The van der Waals surface area contributed by atoms with Crippen LogP contribution in [0.2, 0.25) is 0 Å². The Morgan fingerprint density at radius 3 is 2.31 bits per heavy atom. The Morgan fingerprint density at radius 2 is 1.69 bits per heavy atom. The van der Waals surface area contributed by atoms with Crippen molar-refractivity contribution in [2.24, 2.45) is 0 Å². The van der Waals surface area contributed by atoms with Crippen molar-refractivity contribution in [3.63, 3.8) is 0 Å². The number of para-hydroxylation sites is 1. The largest absolute Gasteiger partial charge is 0.478 e. The number of ether oxygens (including phenoxy) is 1. The van der Waals surface area contributed by atoms with Gasteiger partial charge in [-0.15, -0.1) is 0 Å². The monoisotopic (exact) mass is 504 g/mol. The second-order valence-corrected chi connectivity index (χ2v) is 11.1. The molecule has 3 aromatic carbocycles. The van der Waals surface area contributed by atoms with E-state index in [1.54, 1.807) is 43.4 Å². The summed E-state index contributed by atoms with van der Waals surface area (Å²) < 4.78 is 40.5. The fourth-order valence-corrected chi connectivity index (χ4v) is 6.04. The van der Waals surface area contributed by atoms with Gasteiger partial charge in [0, 0.05) is 37.2 Å². The molecule has 1 aliphatic carbocycles. The predicted octanol–water partition coefficient (Wildman–Crippen LogP) is 5.46. The summed E-state index contributed by atoms with van der Waals surface area (Å²) in [6.07, 6.45) is 1.89. The van der Waals surface area contributed by atoms with E-state index in [0.29, 0.717) is 46.8 Å². The Labute approximate surface area is 208 Å². The highest BCUT2D eigenvalue weighted by Crippen LogP contribution is 2.48. The summed E-state index contributed by atoms with van der Waals surface area (Å²) >= 11 is 0. The lowest BCUT2D eigenvalue weighted by atomic mass is 10.0. The van der Waals surface area contributed by atoms with Gasteiger partial charge >= 0.3 is 16.2 Å². The third-order valence-electron chi connectivity index (χ3n) is 6.72. The maximum Gasteiger partial charge on any atom is 0.340 e. The number of nitrogens with zero attached hydrogens (tertiary/aromatic N) is 2. The van der Waals surface area contributed by atoms with E-state index in [1.807, 2.05) is 30.3 Å². The van der Waals surface area contributed by atoms with Crippen molar-refractivity contribution < 1.29 is 27.5 Å². The van der Waals surface area contributed by atoms with Crippen LogP contribution in [-0.2, 0) is 10.2 Å². The summed E-state index contributed by atoms with van der Waals surface area (Å²) in [5.74, 6) is 0.642. The van der Waals surface area contributed by atoms with E-state index < -0.39 is 16.2 Å². The van der Waals surface area contributed by atoms with E-state index in [9.17, 15) is 18.3 Å². The maximum atomic E-state index is 12.9. The summed E-state index contributed by atoms with van der Waals surface area (Å²) in [4.78, 5) is 12.4. The van der Waals surface area contributed by atoms with Crippen molar-refractivity contribution in [3.05, 3.63) is 77.9 Å². The van der Waals surface area contributed by atoms with Gasteiger partial charge in [0.05, 0.1) is 5.69 Å². The molecule has 8 nitrogen and oxygen atoms in total. The molecule has 0 amide bonds. The third kappa shape index (κ3) is 3.81. The van der Waals surface area contributed by atoms with Gasteiger partial charge in [-0.25, -0.2) is 4.79 Å². The number of carboxylic acid groups (broad SMARTS) is 1. The van der Waals surface area contributed by atoms with E-state index in [0.717, 1.165) is 18.4 Å². The average molecular weight is 505 g/mol. The van der Waals surface area contributed by atoms with Crippen LogP contribution >= 0.6 is 0 Å². The first-order chi connectivity index (χ1) is 17.3. The topological polar surface area (TPSA) is 100 Å². The zero-order valence-electron chi connectivity index (χ0n) is 19.5. The predicted molar refractivity (Wildman–Crippen MR) is 136 cm³/mol. The van der Waals surface area contributed by atoms with Gasteiger partial charge in [-0.1, -0.05) is 18.2 Å². The summed E-state index contributed by atoms with van der Waals surface area (Å²) in [6, 6.07) is 19.9. The van der Waals surface area contributed by atoms with Crippen LogP contribution in [0.15, 0.2) is 71.1 Å². The number of fused-ring (bicyclic) bond motifs is 1. The third-order valence-corrected chi connectivity index (χ3v) is 8.63. The van der Waals surface area contributed by atoms with Crippen LogP contribution in [0.5, 0.6) is 11.5 Å². The molecule has 184 valence electrons. The lowest BCUT2D eigenvalue weighted by molar-refractivity contribution is 0.0699. The maximum absolute atomic E-state index is 12.9. The lowest BCUT2D eigenvalue weighted by Gasteiger charge is -2.21. The molecular formula is C27H24N2O6S. The second kappa shape index (κ2) is 8.39. The first-order valence-corrected chi connectivity index (χ1v) is 13.1. The highest BCUT2D eigenvalue weighted by atomic mass is 32.2. The molecule has 2 heterocycles. The van der Waals surface area contributed by atoms with E-state index in [4.69, 9.17) is 9.15 Å². The SMILES string of the molecule is CN1CCN(c2cc3oc(-c4ccc(Oc5ccccc5)cc4)c(C(=O)O)c3cc2C2CC2)S1(=O)=O. The first kappa shape index (κ1) is 22.6. The Balaban J connectivity index is 1.44. The minimum Gasteiger partial charge on any atom is -0.478 e. The minimum atomic E-state index is -3.62. The number of rotatable bonds is 6. The molecular weight excluding hydrogens is 480 g/mol. The van der Waals surface area contributed by atoms with Crippen LogP contribution in [0.4, 0.5) is 5.69 Å². The zero-order valence-corrected chi connectivity index (χ0v) is 20.4. The number of anilines is 1. The van der Waals surface area contributed by atoms with Crippen molar-refractivity contribution in [2.75, 3.05) is 24.4 Å². The van der Waals surface area contributed by atoms with Crippen LogP contribution in [0.25, 0.3) is 22.3 Å². The molecule has 0 atom stereocenters. The number of furan rings is 1. The number of carbonyl (C=O) groups is 1. The van der Waals surface area contributed by atoms with Crippen molar-refractivity contribution in [1.82, 2.24) is 4.31 Å². The highest BCUT2D eigenvalue weighted by molar-refractivity contribution is 7.90. The molecule has 9 heteroatoms. The van der Waals surface area contributed by atoms with Crippen molar-refractivity contribution in [2.45, 2.75) is 18.8 Å². The van der Waals surface area contributed by atoms with Crippen molar-refractivity contribution in [3.8, 4) is 22.8 Å². The molecule has 0 bridgehead atoms. The Kier molecular flexibility index (Phi) is 5.27. The quantitative estimate of drug-likeness (QED) is 0.374. The van der Waals surface area contributed by atoms with Gasteiger partial charge in [-0.05, 0) is 66.8 Å². The second-order valence-electron chi connectivity index (χ2n) is 9.13. The number of carboxylic acids is 1. The number of likely N-dealkylation sites (N-methyl/N-ethyl adjacent to an activating group) is 1. The number of hydrogen-bond acceptors (Lipinski definition) is 5. The standard InChI is InChI=1S/C27H24N2O6S/c1-28-13-14-29(36(28,32)33)23-16-24-22(15-21(23)17-7-8-17)25(27(30)31)26(35-24)18-9-11-20(12-10-18)34-19-5-3-2-4-6-19/h2-6,9-12,15-17H,7-8,13-14H2,1H3,(H,30,31). The lowest BCUT2D eigenvalue weighted by Crippen LogP contribution is -2.31. The summed E-state index contributed by atoms with van der Waals surface area (Å²) in [5.41, 5.74) is 2.42. The van der Waals surface area contributed by atoms with Crippen LogP contribution in [0.3, 0.4) is 0 Å². The molecule has 1 saturated heterocycles. The Morgan fingerprint density at radius 1 is 1.00 bits per heavy atom. The molecule has 1 N–H and O–H groups in total. The van der Waals surface area contributed by atoms with Gasteiger partial charge in [0.1, 0.15) is 28.4 Å². The summed E-state index contributed by atoms with van der Waals surface area (Å²) in [7, 11) is -2.06. The number of aromatic carboxylic acids is 1. The molecule has 1 aliphatic heterocycles. The van der Waals surface area contributed by atoms with Crippen LogP contribution in [0, 0.1) is 0 Å². The number of benzene rings is 3. The molecule has 1 aromatic heterocycles. The van der Waals surface area contributed by atoms with Crippen LogP contribution in [0.1, 0.15) is 34.7 Å². The van der Waals surface area contributed by atoms with Crippen molar-refractivity contribution in [1.29, 1.82) is 0 Å². The molecule has 0 radical (unpaired) electrons. The van der Waals surface area contributed by atoms with Gasteiger partial charge in [0.2, 0.25) is 0 Å². The van der Waals surface area contributed by atoms with E-state index >= 15 is 0 Å². The fourth-order valence-electron chi connectivity index (χ4n) is 4.68. The Bertz CT molecular complexity index is 1570. The Hall–Kier alpha value is -3.82. The van der Waals surface area contributed by atoms with Gasteiger partial charge in [0.15, 0.2) is 0 Å². The van der Waals surface area contributed by atoms with E-state index in [-0.39, 0.29) is 17.2 Å². The smallest absolute Gasteiger partial charge is 0.340 e. The minimum absolute atomic E-state index is 0.0663. The molecule has 2 aliphatic rings. The molecule has 2 fully saturated rings. The normalized spacial score (nSPS) is 17.5. The summed E-state index contributed by atoms with van der Waals surface area (Å²) in [5, 5.41) is 10.6. The van der Waals surface area contributed by atoms with Gasteiger partial charge in [-0.3, -0.25) is 4.31 Å². The van der Waals surface area contributed by atoms with Gasteiger partial charge < -0.3 is 14.3 Å². The van der Waals surface area contributed by atoms with E-state index in [1.165, 1.54) is 8.61 Å².